The fraction of sp³-hybridized carbons (Fsp3) is 0.400. The number of allylic oxidation sites excluding steroid dienone is 6. The van der Waals surface area contributed by atoms with Crippen molar-refractivity contribution in [3.63, 3.8) is 0 Å². The third-order valence-electron chi connectivity index (χ3n) is 1.84. The molecule has 0 aromatic rings. The van der Waals surface area contributed by atoms with Crippen LogP contribution in [-0.4, -0.2) is 35.9 Å². The summed E-state index contributed by atoms with van der Waals surface area (Å²) in [5.41, 5.74) is 0. The van der Waals surface area contributed by atoms with Crippen molar-refractivity contribution in [2.24, 2.45) is 0 Å². The number of hydrogen-bond donors (Lipinski definition) is 0. The number of alkyl halides is 9. The Labute approximate surface area is 181 Å². The molecule has 0 fully saturated rings. The Morgan fingerprint density at radius 3 is 0.677 bits per heavy atom. The predicted molar refractivity (Wildman–Crippen MR) is 74.5 cm³/mol. The minimum Gasteiger partial charge on any atom is -0.869 e. The van der Waals surface area contributed by atoms with Crippen LogP contribution in [0.2, 0.25) is 0 Å². The molecule has 6 nitrogen and oxygen atoms in total. The molecule has 16 heteroatoms. The van der Waals surface area contributed by atoms with Gasteiger partial charge in [-0.25, -0.2) is 0 Å². The molecule has 0 heterocycles. The fourth-order valence-corrected chi connectivity index (χ4v) is 0.799. The molecule has 0 aliphatic heterocycles. The number of carbonyl (C=O) groups excluding carboxylic acids is 3. The zero-order valence-electron chi connectivity index (χ0n) is 15.4. The molecule has 0 aliphatic rings. The van der Waals surface area contributed by atoms with Crippen molar-refractivity contribution in [1.29, 1.82) is 0 Å². The van der Waals surface area contributed by atoms with Gasteiger partial charge in [-0.05, 0) is 56.3 Å². The van der Waals surface area contributed by atoms with E-state index in [2.05, 4.69) is 0 Å². The summed E-state index contributed by atoms with van der Waals surface area (Å²) in [6.07, 6.45) is -14.7. The van der Waals surface area contributed by atoms with Gasteiger partial charge in [-0.3, -0.25) is 14.4 Å². The van der Waals surface area contributed by atoms with E-state index in [4.69, 9.17) is 0 Å². The van der Waals surface area contributed by atoms with E-state index >= 15 is 0 Å². The van der Waals surface area contributed by atoms with Gasteiger partial charge in [0.05, 0.1) is 0 Å². The first-order valence-corrected chi connectivity index (χ1v) is 6.91. The van der Waals surface area contributed by atoms with Gasteiger partial charge in [0.25, 0.3) is 0 Å². The molecule has 180 valence electrons. The SMILES string of the molecule is CC(=O)/C=C(/[O-])C(F)(F)F.CC(=O)/C=C(/[O-])C(F)(F)F.CC(=O)/C=C(\[O-])C(F)(F)F.[Rh+3]. The molecule has 0 aliphatic carbocycles. The number of halogens is 9. The van der Waals surface area contributed by atoms with E-state index in [9.17, 15) is 69.2 Å². The van der Waals surface area contributed by atoms with Gasteiger partial charge in [0, 0.05) is 0 Å². The van der Waals surface area contributed by atoms with E-state index in [1.165, 1.54) is 0 Å². The second kappa shape index (κ2) is 14.6. The summed E-state index contributed by atoms with van der Waals surface area (Å²) in [6.45, 7) is 2.64. The van der Waals surface area contributed by atoms with Gasteiger partial charge in [0.15, 0.2) is 17.3 Å². The minimum atomic E-state index is -4.92. The number of rotatable bonds is 3. The summed E-state index contributed by atoms with van der Waals surface area (Å²) >= 11 is 0. The van der Waals surface area contributed by atoms with Crippen molar-refractivity contribution in [1.82, 2.24) is 0 Å². The molecule has 0 atom stereocenters. The van der Waals surface area contributed by atoms with Crippen LogP contribution in [0.1, 0.15) is 20.8 Å². The molecule has 0 aromatic carbocycles. The Bertz CT molecular complexity index is 606. The van der Waals surface area contributed by atoms with Gasteiger partial charge in [-0.15, -0.1) is 0 Å². The Hall–Kier alpha value is -2.38. The summed E-state index contributed by atoms with van der Waals surface area (Å²) < 4.78 is 101. The Kier molecular flexibility index (Phi) is 17.0. The molecule has 0 amide bonds. The van der Waals surface area contributed by atoms with Crippen molar-refractivity contribution in [3.8, 4) is 0 Å². The van der Waals surface area contributed by atoms with Crippen LogP contribution < -0.4 is 15.3 Å². The second-order valence-electron chi connectivity index (χ2n) is 4.85. The molecule has 0 spiro atoms. The molecule has 0 unspecified atom stereocenters. The van der Waals surface area contributed by atoms with Crippen molar-refractivity contribution in [3.05, 3.63) is 35.5 Å². The molecule has 0 aromatic heterocycles. The Morgan fingerprint density at radius 1 is 0.516 bits per heavy atom. The predicted octanol–water partition coefficient (Wildman–Crippen LogP) is 1.14. The van der Waals surface area contributed by atoms with Crippen molar-refractivity contribution < 1.29 is 88.7 Å². The summed E-state index contributed by atoms with van der Waals surface area (Å²) in [4.78, 5) is 29.8. The first-order valence-electron chi connectivity index (χ1n) is 6.91. The van der Waals surface area contributed by atoms with Crippen LogP contribution in [0, 0.1) is 0 Å². The van der Waals surface area contributed by atoms with E-state index in [1.807, 2.05) is 0 Å². The number of hydrogen-bond acceptors (Lipinski definition) is 6. The summed E-state index contributed by atoms with van der Waals surface area (Å²) in [6, 6.07) is 0. The minimum absolute atomic E-state index is 0. The van der Waals surface area contributed by atoms with Crippen LogP contribution in [-0.2, 0) is 33.9 Å². The molecule has 0 saturated heterocycles. The molecule has 0 saturated carbocycles. The maximum Gasteiger partial charge on any atom is 3.00 e. The fourth-order valence-electron chi connectivity index (χ4n) is 0.799. The van der Waals surface area contributed by atoms with E-state index < -0.39 is 53.2 Å². The third kappa shape index (κ3) is 23.8. The third-order valence-corrected chi connectivity index (χ3v) is 1.84. The van der Waals surface area contributed by atoms with E-state index in [1.54, 1.807) is 0 Å². The smallest absolute Gasteiger partial charge is 0.869 e. The van der Waals surface area contributed by atoms with Crippen molar-refractivity contribution in [2.75, 3.05) is 0 Å². The normalized spacial score (nSPS) is 13.0. The maximum atomic E-state index is 11.3. The van der Waals surface area contributed by atoms with Gasteiger partial charge >= 0.3 is 38.0 Å². The zero-order valence-corrected chi connectivity index (χ0v) is 17.1. The van der Waals surface area contributed by atoms with E-state index in [-0.39, 0.29) is 37.7 Å². The van der Waals surface area contributed by atoms with Crippen LogP contribution in [0.15, 0.2) is 35.5 Å². The van der Waals surface area contributed by atoms with Crippen LogP contribution >= 0.6 is 0 Å². The van der Waals surface area contributed by atoms with Crippen LogP contribution in [0.4, 0.5) is 39.5 Å². The molecule has 31 heavy (non-hydrogen) atoms. The maximum absolute atomic E-state index is 11.3. The largest absolute Gasteiger partial charge is 3.00 e. The Morgan fingerprint density at radius 2 is 0.645 bits per heavy atom. The quantitative estimate of drug-likeness (QED) is 0.220. The zero-order chi connectivity index (χ0) is 25.1. The second-order valence-corrected chi connectivity index (χ2v) is 4.85. The summed E-state index contributed by atoms with van der Waals surface area (Å²) in [7, 11) is 0. The molecular formula is C15H12F9O6Rh. The van der Waals surface area contributed by atoms with Crippen LogP contribution in [0.5, 0.6) is 0 Å². The molecule has 0 N–H and O–H groups in total. The summed E-state index contributed by atoms with van der Waals surface area (Å²) in [5.74, 6) is -9.04. The van der Waals surface area contributed by atoms with Crippen molar-refractivity contribution in [2.45, 2.75) is 39.3 Å². The Balaban J connectivity index is -0.000000174. The van der Waals surface area contributed by atoms with Gasteiger partial charge in [0.2, 0.25) is 0 Å². The number of carbonyl (C=O) groups is 3. The number of ketones is 3. The van der Waals surface area contributed by atoms with Crippen LogP contribution in [0.25, 0.3) is 0 Å². The van der Waals surface area contributed by atoms with Gasteiger partial charge in [-0.1, -0.05) is 0 Å². The standard InChI is InChI=1S/3C5H5F3O2.Rh/c3*1-3(9)2-4(10)5(6,7)8;/h3*2,10H,1H3;/q;;;+3/p-3/b2*4-2+;4-2-;. The topological polar surface area (TPSA) is 120 Å². The molecule has 0 radical (unpaired) electrons. The summed E-state index contributed by atoms with van der Waals surface area (Å²) in [5, 5.41) is 29.6. The molecule has 0 bridgehead atoms. The average Bonchev–Trinajstić information content (AvgIpc) is 2.43. The van der Waals surface area contributed by atoms with Gasteiger partial charge in [-0.2, -0.15) is 39.5 Å². The molecule has 0 rings (SSSR count). The molecular weight excluding hydrogens is 550 g/mol. The first-order chi connectivity index (χ1) is 13.0. The monoisotopic (exact) mass is 562 g/mol. The van der Waals surface area contributed by atoms with Gasteiger partial charge < -0.3 is 15.3 Å². The van der Waals surface area contributed by atoms with E-state index in [0.29, 0.717) is 0 Å². The van der Waals surface area contributed by atoms with E-state index in [0.717, 1.165) is 20.8 Å². The average molecular weight is 562 g/mol. The first kappa shape index (κ1) is 36.0. The van der Waals surface area contributed by atoms with Crippen molar-refractivity contribution >= 4 is 17.3 Å². The van der Waals surface area contributed by atoms with Crippen LogP contribution in [0.3, 0.4) is 0 Å². The van der Waals surface area contributed by atoms with Gasteiger partial charge in [0.1, 0.15) is 0 Å².